The maximum Gasteiger partial charge on any atom is 0.314 e. The standard InChI is InChI=1S/C13H14O5/c14-9-3-4-10-8(6-9)2-1-5-13(10,12(17)18)7-11(15)16/h3-4,6,14H,1-2,5,7H2,(H,15,16)(H,17,18)/t13-/m0/s1. The summed E-state index contributed by atoms with van der Waals surface area (Å²) in [5.74, 6) is -2.17. The summed E-state index contributed by atoms with van der Waals surface area (Å²) < 4.78 is 0. The average molecular weight is 250 g/mol. The summed E-state index contributed by atoms with van der Waals surface area (Å²) >= 11 is 0. The van der Waals surface area contributed by atoms with Crippen LogP contribution < -0.4 is 0 Å². The van der Waals surface area contributed by atoms with Gasteiger partial charge in [-0.3, -0.25) is 9.59 Å². The Morgan fingerprint density at radius 3 is 2.61 bits per heavy atom. The Hall–Kier alpha value is -2.04. The van der Waals surface area contributed by atoms with E-state index >= 15 is 0 Å². The van der Waals surface area contributed by atoms with Crippen LogP contribution in [0.4, 0.5) is 0 Å². The lowest BCUT2D eigenvalue weighted by atomic mass is 9.68. The number of phenolic OH excluding ortho intramolecular Hbond substituents is 1. The first-order valence-electron chi connectivity index (χ1n) is 5.73. The number of aromatic hydroxyl groups is 1. The first kappa shape index (κ1) is 12.4. The Kier molecular flexibility index (Phi) is 2.98. The van der Waals surface area contributed by atoms with Gasteiger partial charge in [0.15, 0.2) is 0 Å². The SMILES string of the molecule is O=C(O)C[C@@]1(C(=O)O)CCCc2cc(O)ccc21. The van der Waals surface area contributed by atoms with Crippen molar-refractivity contribution in [3.8, 4) is 5.75 Å². The number of fused-ring (bicyclic) bond motifs is 1. The summed E-state index contributed by atoms with van der Waals surface area (Å²) in [6, 6.07) is 4.46. The molecular formula is C13H14O5. The molecule has 0 saturated heterocycles. The fourth-order valence-corrected chi connectivity index (χ4v) is 2.71. The molecule has 18 heavy (non-hydrogen) atoms. The lowest BCUT2D eigenvalue weighted by Crippen LogP contribution is -2.41. The van der Waals surface area contributed by atoms with Crippen molar-refractivity contribution in [3.05, 3.63) is 29.3 Å². The van der Waals surface area contributed by atoms with Gasteiger partial charge < -0.3 is 15.3 Å². The van der Waals surface area contributed by atoms with Crippen molar-refractivity contribution in [2.75, 3.05) is 0 Å². The highest BCUT2D eigenvalue weighted by atomic mass is 16.4. The van der Waals surface area contributed by atoms with Crippen molar-refractivity contribution < 1.29 is 24.9 Å². The fourth-order valence-electron chi connectivity index (χ4n) is 2.71. The Morgan fingerprint density at radius 1 is 1.28 bits per heavy atom. The first-order valence-corrected chi connectivity index (χ1v) is 5.73. The van der Waals surface area contributed by atoms with E-state index in [1.807, 2.05) is 0 Å². The monoisotopic (exact) mass is 250 g/mol. The van der Waals surface area contributed by atoms with Crippen LogP contribution >= 0.6 is 0 Å². The minimum atomic E-state index is -1.37. The zero-order valence-electron chi connectivity index (χ0n) is 9.72. The number of carbonyl (C=O) groups is 2. The summed E-state index contributed by atoms with van der Waals surface area (Å²) in [6.45, 7) is 0. The first-order chi connectivity index (χ1) is 8.45. The molecule has 1 aliphatic rings. The van der Waals surface area contributed by atoms with Gasteiger partial charge in [-0.15, -0.1) is 0 Å². The van der Waals surface area contributed by atoms with Gasteiger partial charge in [-0.05, 0) is 42.5 Å². The van der Waals surface area contributed by atoms with E-state index in [-0.39, 0.29) is 5.75 Å². The van der Waals surface area contributed by atoms with Crippen LogP contribution in [0, 0.1) is 0 Å². The van der Waals surface area contributed by atoms with Crippen molar-refractivity contribution in [3.63, 3.8) is 0 Å². The molecule has 96 valence electrons. The van der Waals surface area contributed by atoms with Crippen LogP contribution in [0.1, 0.15) is 30.4 Å². The number of benzene rings is 1. The number of rotatable bonds is 3. The van der Waals surface area contributed by atoms with Gasteiger partial charge in [0.1, 0.15) is 11.2 Å². The number of hydrogen-bond donors (Lipinski definition) is 3. The molecule has 0 spiro atoms. The lowest BCUT2D eigenvalue weighted by Gasteiger charge is -2.34. The van der Waals surface area contributed by atoms with E-state index in [4.69, 9.17) is 5.11 Å². The molecule has 0 fully saturated rings. The van der Waals surface area contributed by atoms with Gasteiger partial charge in [0.05, 0.1) is 6.42 Å². The molecule has 0 aliphatic heterocycles. The second-order valence-electron chi connectivity index (χ2n) is 4.65. The van der Waals surface area contributed by atoms with Crippen LogP contribution in [0.15, 0.2) is 18.2 Å². The molecule has 1 aliphatic carbocycles. The topological polar surface area (TPSA) is 94.8 Å². The van der Waals surface area contributed by atoms with E-state index in [1.54, 1.807) is 0 Å². The molecule has 0 aromatic heterocycles. The van der Waals surface area contributed by atoms with Crippen molar-refractivity contribution in [1.82, 2.24) is 0 Å². The smallest absolute Gasteiger partial charge is 0.314 e. The van der Waals surface area contributed by atoms with Gasteiger partial charge in [-0.25, -0.2) is 0 Å². The second-order valence-corrected chi connectivity index (χ2v) is 4.65. The molecule has 1 atom stereocenters. The van der Waals surface area contributed by atoms with E-state index in [0.29, 0.717) is 24.8 Å². The molecular weight excluding hydrogens is 236 g/mol. The number of carboxylic acids is 2. The highest BCUT2D eigenvalue weighted by molar-refractivity contribution is 5.88. The van der Waals surface area contributed by atoms with E-state index in [2.05, 4.69) is 0 Å². The van der Waals surface area contributed by atoms with Crippen LogP contribution in [0.3, 0.4) is 0 Å². The molecule has 3 N–H and O–H groups in total. The number of carboxylic acid groups (broad SMARTS) is 2. The number of phenols is 1. The molecule has 5 heteroatoms. The third-order valence-electron chi connectivity index (χ3n) is 3.52. The van der Waals surface area contributed by atoms with Crippen molar-refractivity contribution in [2.45, 2.75) is 31.1 Å². The van der Waals surface area contributed by atoms with Gasteiger partial charge >= 0.3 is 11.9 Å². The van der Waals surface area contributed by atoms with E-state index in [1.165, 1.54) is 18.2 Å². The largest absolute Gasteiger partial charge is 0.508 e. The van der Waals surface area contributed by atoms with Gasteiger partial charge in [0.2, 0.25) is 0 Å². The van der Waals surface area contributed by atoms with Gasteiger partial charge in [-0.1, -0.05) is 6.07 Å². The van der Waals surface area contributed by atoms with Crippen LogP contribution in [-0.4, -0.2) is 27.3 Å². The van der Waals surface area contributed by atoms with E-state index in [9.17, 15) is 19.8 Å². The number of aliphatic carboxylic acids is 2. The minimum Gasteiger partial charge on any atom is -0.508 e. The fraction of sp³-hybridized carbons (Fsp3) is 0.385. The second kappa shape index (κ2) is 4.33. The molecule has 0 heterocycles. The quantitative estimate of drug-likeness (QED) is 0.756. The highest BCUT2D eigenvalue weighted by Crippen LogP contribution is 2.41. The summed E-state index contributed by atoms with van der Waals surface area (Å²) in [5, 5.41) is 27.8. The van der Waals surface area contributed by atoms with E-state index in [0.717, 1.165) is 5.56 Å². The normalized spacial score (nSPS) is 22.2. The molecule has 0 radical (unpaired) electrons. The van der Waals surface area contributed by atoms with Crippen molar-refractivity contribution >= 4 is 11.9 Å². The Labute approximate surface area is 104 Å². The van der Waals surface area contributed by atoms with Crippen LogP contribution in [0.5, 0.6) is 5.75 Å². The molecule has 1 aromatic carbocycles. The maximum atomic E-state index is 11.5. The van der Waals surface area contributed by atoms with Gasteiger partial charge in [0.25, 0.3) is 0 Å². The zero-order valence-corrected chi connectivity index (χ0v) is 9.72. The maximum absolute atomic E-state index is 11.5. The Morgan fingerprint density at radius 2 is 2.00 bits per heavy atom. The molecule has 2 rings (SSSR count). The molecule has 5 nitrogen and oxygen atoms in total. The predicted molar refractivity (Wildman–Crippen MR) is 62.6 cm³/mol. The van der Waals surface area contributed by atoms with Gasteiger partial charge in [0, 0.05) is 0 Å². The lowest BCUT2D eigenvalue weighted by molar-refractivity contribution is -0.151. The third-order valence-corrected chi connectivity index (χ3v) is 3.52. The third kappa shape index (κ3) is 1.92. The zero-order chi connectivity index (χ0) is 13.3. The molecule has 0 bridgehead atoms. The number of hydrogen-bond acceptors (Lipinski definition) is 3. The summed E-state index contributed by atoms with van der Waals surface area (Å²) in [4.78, 5) is 22.5. The predicted octanol–water partition coefficient (Wildman–Crippen LogP) is 1.53. The van der Waals surface area contributed by atoms with Crippen LogP contribution in [0.25, 0.3) is 0 Å². The molecule has 0 amide bonds. The average Bonchev–Trinajstić information content (AvgIpc) is 2.27. The highest BCUT2D eigenvalue weighted by Gasteiger charge is 2.45. The molecule has 1 aromatic rings. The van der Waals surface area contributed by atoms with Crippen LogP contribution in [-0.2, 0) is 21.4 Å². The van der Waals surface area contributed by atoms with Gasteiger partial charge in [-0.2, -0.15) is 0 Å². The summed E-state index contributed by atoms with van der Waals surface area (Å²) in [6.07, 6.45) is 1.15. The van der Waals surface area contributed by atoms with Crippen molar-refractivity contribution in [1.29, 1.82) is 0 Å². The van der Waals surface area contributed by atoms with Crippen molar-refractivity contribution in [2.24, 2.45) is 0 Å². The number of aryl methyl sites for hydroxylation is 1. The summed E-state index contributed by atoms with van der Waals surface area (Å²) in [7, 11) is 0. The molecule has 0 saturated carbocycles. The summed E-state index contributed by atoms with van der Waals surface area (Å²) in [5.41, 5.74) is -0.126. The Balaban J connectivity index is 2.57. The van der Waals surface area contributed by atoms with E-state index < -0.39 is 23.8 Å². The Bertz CT molecular complexity index is 508. The van der Waals surface area contributed by atoms with Crippen LogP contribution in [0.2, 0.25) is 0 Å². The molecule has 0 unspecified atom stereocenters. The minimum absolute atomic E-state index is 0.0743.